The van der Waals surface area contributed by atoms with Crippen LogP contribution < -0.4 is 25.6 Å². The molecule has 1 N–H and O–H groups in total. The van der Waals surface area contributed by atoms with Gasteiger partial charge in [0.05, 0.1) is 13.7 Å². The Morgan fingerprint density at radius 1 is 1.00 bits per heavy atom. The van der Waals surface area contributed by atoms with Crippen molar-refractivity contribution in [3.05, 3.63) is 81.0 Å². The molecule has 0 bridgehead atoms. The second kappa shape index (κ2) is 10.1. The third-order valence-electron chi connectivity index (χ3n) is 5.83. The second-order valence-electron chi connectivity index (χ2n) is 8.38. The van der Waals surface area contributed by atoms with Crippen LogP contribution in [0.1, 0.15) is 5.56 Å². The van der Waals surface area contributed by atoms with Crippen LogP contribution in [0.5, 0.6) is 11.5 Å². The molecule has 1 atom stereocenters. The summed E-state index contributed by atoms with van der Waals surface area (Å²) in [6, 6.07) is 16.9. The standard InChI is InChI=1S/C25H29N5O5/c1-27(14-17-8-6-5-7-9-17)24-26-22-21(23(32)29(3)25(33)28(22)2)30(24)15-18(31)16-35-20-12-10-19(34-4)11-13-20/h5-13,18,31H,14-16H2,1-4H3/t18-/m0/s1. The van der Waals surface area contributed by atoms with E-state index < -0.39 is 17.4 Å². The summed E-state index contributed by atoms with van der Waals surface area (Å²) in [6.45, 7) is 0.575. The number of ether oxygens (including phenoxy) is 2. The van der Waals surface area contributed by atoms with E-state index >= 15 is 0 Å². The summed E-state index contributed by atoms with van der Waals surface area (Å²) < 4.78 is 14.9. The van der Waals surface area contributed by atoms with Crippen molar-refractivity contribution in [3.63, 3.8) is 0 Å². The number of methoxy groups -OCH3 is 1. The summed E-state index contributed by atoms with van der Waals surface area (Å²) in [7, 11) is 6.44. The summed E-state index contributed by atoms with van der Waals surface area (Å²) in [5.74, 6) is 1.75. The average Bonchev–Trinajstić information content (AvgIpc) is 3.25. The van der Waals surface area contributed by atoms with Gasteiger partial charge in [-0.25, -0.2) is 4.79 Å². The third-order valence-corrected chi connectivity index (χ3v) is 5.83. The summed E-state index contributed by atoms with van der Waals surface area (Å²) in [5.41, 5.74) is 0.620. The van der Waals surface area contributed by atoms with Gasteiger partial charge in [0.2, 0.25) is 5.95 Å². The van der Waals surface area contributed by atoms with Crippen molar-refractivity contribution in [1.82, 2.24) is 18.7 Å². The molecule has 4 aromatic rings. The quantitative estimate of drug-likeness (QED) is 0.388. The highest BCUT2D eigenvalue weighted by Crippen LogP contribution is 2.22. The fraction of sp³-hybridized carbons (Fsp3) is 0.320. The Morgan fingerprint density at radius 3 is 2.31 bits per heavy atom. The van der Waals surface area contributed by atoms with Gasteiger partial charge in [0.25, 0.3) is 5.56 Å². The molecule has 0 spiro atoms. The SMILES string of the molecule is COc1ccc(OC[C@@H](O)Cn2c(N(C)Cc3ccccc3)nc3c2c(=O)n(C)c(=O)n3C)cc1. The highest BCUT2D eigenvalue weighted by Gasteiger charge is 2.23. The number of nitrogens with zero attached hydrogens (tertiary/aromatic N) is 5. The zero-order valence-electron chi connectivity index (χ0n) is 20.2. The van der Waals surface area contributed by atoms with E-state index in [-0.39, 0.29) is 24.3 Å². The first-order valence-corrected chi connectivity index (χ1v) is 11.2. The van der Waals surface area contributed by atoms with Gasteiger partial charge in [-0.05, 0) is 29.8 Å². The highest BCUT2D eigenvalue weighted by atomic mass is 16.5. The summed E-state index contributed by atoms with van der Waals surface area (Å²) in [6.07, 6.45) is -0.944. The lowest BCUT2D eigenvalue weighted by molar-refractivity contribution is 0.0936. The Bertz CT molecular complexity index is 1420. The van der Waals surface area contributed by atoms with Crippen molar-refractivity contribution < 1.29 is 14.6 Å². The lowest BCUT2D eigenvalue weighted by Gasteiger charge is -2.21. The van der Waals surface area contributed by atoms with Gasteiger partial charge in [0, 0.05) is 27.7 Å². The van der Waals surface area contributed by atoms with E-state index in [1.54, 1.807) is 43.0 Å². The van der Waals surface area contributed by atoms with Crippen LogP contribution in [0, 0.1) is 0 Å². The zero-order chi connectivity index (χ0) is 25.1. The second-order valence-corrected chi connectivity index (χ2v) is 8.38. The molecule has 0 saturated carbocycles. The molecule has 2 aromatic heterocycles. The van der Waals surface area contributed by atoms with Crippen molar-refractivity contribution in [1.29, 1.82) is 0 Å². The minimum atomic E-state index is -0.944. The van der Waals surface area contributed by atoms with Gasteiger partial charge in [0.1, 0.15) is 24.2 Å². The minimum Gasteiger partial charge on any atom is -0.497 e. The Labute approximate surface area is 202 Å². The molecule has 10 heteroatoms. The number of anilines is 1. The van der Waals surface area contributed by atoms with Gasteiger partial charge in [-0.1, -0.05) is 30.3 Å². The molecular weight excluding hydrogens is 450 g/mol. The molecule has 0 unspecified atom stereocenters. The number of aliphatic hydroxyl groups is 1. The molecule has 0 aliphatic carbocycles. The van der Waals surface area contributed by atoms with Crippen molar-refractivity contribution in [2.24, 2.45) is 14.1 Å². The molecule has 2 aromatic carbocycles. The maximum absolute atomic E-state index is 13.1. The minimum absolute atomic E-state index is 0.0000781. The maximum atomic E-state index is 13.1. The molecule has 0 aliphatic heterocycles. The smallest absolute Gasteiger partial charge is 0.332 e. The number of imidazole rings is 1. The zero-order valence-corrected chi connectivity index (χ0v) is 20.2. The van der Waals surface area contributed by atoms with E-state index in [0.29, 0.717) is 24.0 Å². The number of hydrogen-bond donors (Lipinski definition) is 1. The first-order valence-electron chi connectivity index (χ1n) is 11.2. The molecule has 4 rings (SSSR count). The Hall–Kier alpha value is -4.05. The van der Waals surface area contributed by atoms with Crippen LogP contribution in [0.15, 0.2) is 64.2 Å². The number of fused-ring (bicyclic) bond motifs is 1. The van der Waals surface area contributed by atoms with E-state index in [4.69, 9.17) is 9.47 Å². The van der Waals surface area contributed by atoms with Crippen LogP contribution >= 0.6 is 0 Å². The van der Waals surface area contributed by atoms with Crippen LogP contribution in [0.2, 0.25) is 0 Å². The number of aryl methyl sites for hydroxylation is 1. The number of hydrogen-bond acceptors (Lipinski definition) is 7. The molecule has 35 heavy (non-hydrogen) atoms. The number of aliphatic hydroxyl groups excluding tert-OH is 1. The van der Waals surface area contributed by atoms with Crippen LogP contribution in [0.4, 0.5) is 5.95 Å². The van der Waals surface area contributed by atoms with Gasteiger partial charge in [-0.15, -0.1) is 0 Å². The molecular formula is C25H29N5O5. The number of aromatic nitrogens is 4. The topological polar surface area (TPSA) is 104 Å². The van der Waals surface area contributed by atoms with Crippen LogP contribution in [-0.4, -0.2) is 50.7 Å². The van der Waals surface area contributed by atoms with Crippen molar-refractivity contribution >= 4 is 17.1 Å². The van der Waals surface area contributed by atoms with Gasteiger partial charge in [-0.2, -0.15) is 4.98 Å². The van der Waals surface area contributed by atoms with Crippen molar-refractivity contribution in [2.45, 2.75) is 19.2 Å². The van der Waals surface area contributed by atoms with Crippen molar-refractivity contribution in [3.8, 4) is 11.5 Å². The van der Waals surface area contributed by atoms with Gasteiger partial charge in [0.15, 0.2) is 11.2 Å². The van der Waals surface area contributed by atoms with Gasteiger partial charge in [-0.3, -0.25) is 13.9 Å². The monoisotopic (exact) mass is 479 g/mol. The highest BCUT2D eigenvalue weighted by molar-refractivity contribution is 5.74. The first kappa shape index (κ1) is 24.1. The number of benzene rings is 2. The predicted octanol–water partition coefficient (Wildman–Crippen LogP) is 1.52. The maximum Gasteiger partial charge on any atom is 0.332 e. The lowest BCUT2D eigenvalue weighted by Crippen LogP contribution is -2.38. The van der Waals surface area contributed by atoms with Crippen molar-refractivity contribution in [2.75, 3.05) is 25.7 Å². The summed E-state index contributed by atoms with van der Waals surface area (Å²) in [5, 5.41) is 10.8. The molecule has 184 valence electrons. The van der Waals surface area contributed by atoms with E-state index in [0.717, 1.165) is 10.1 Å². The molecule has 10 nitrogen and oxygen atoms in total. The number of rotatable bonds is 9. The predicted molar refractivity (Wildman–Crippen MR) is 133 cm³/mol. The fourth-order valence-corrected chi connectivity index (χ4v) is 3.96. The van der Waals surface area contributed by atoms with E-state index in [9.17, 15) is 14.7 Å². The van der Waals surface area contributed by atoms with Gasteiger partial charge < -0.3 is 24.0 Å². The summed E-state index contributed by atoms with van der Waals surface area (Å²) in [4.78, 5) is 32.1. The molecule has 0 radical (unpaired) electrons. The van der Waals surface area contributed by atoms with Gasteiger partial charge >= 0.3 is 5.69 Å². The largest absolute Gasteiger partial charge is 0.497 e. The Morgan fingerprint density at radius 2 is 1.66 bits per heavy atom. The van der Waals surface area contributed by atoms with Crippen LogP contribution in [0.3, 0.4) is 0 Å². The molecule has 0 aliphatic rings. The molecule has 0 amide bonds. The Balaban J connectivity index is 1.67. The van der Waals surface area contributed by atoms with E-state index in [1.165, 1.54) is 11.6 Å². The lowest BCUT2D eigenvalue weighted by atomic mass is 10.2. The third kappa shape index (κ3) is 4.92. The fourth-order valence-electron chi connectivity index (χ4n) is 3.96. The normalized spacial score (nSPS) is 12.0. The molecule has 0 saturated heterocycles. The molecule has 0 fully saturated rings. The van der Waals surface area contributed by atoms with Crippen LogP contribution in [-0.2, 0) is 27.2 Å². The average molecular weight is 480 g/mol. The first-order chi connectivity index (χ1) is 16.8. The molecule has 2 heterocycles. The summed E-state index contributed by atoms with van der Waals surface area (Å²) >= 11 is 0. The van der Waals surface area contributed by atoms with E-state index in [1.807, 2.05) is 42.3 Å². The van der Waals surface area contributed by atoms with E-state index in [2.05, 4.69) is 4.98 Å². The van der Waals surface area contributed by atoms with Crippen LogP contribution in [0.25, 0.3) is 11.2 Å². The Kier molecular flexibility index (Phi) is 6.92.